The normalized spacial score (nSPS) is 18.2. The second-order valence-electron chi connectivity index (χ2n) is 5.10. The lowest BCUT2D eigenvalue weighted by Crippen LogP contribution is -2.33. The average Bonchev–Trinajstić information content (AvgIpc) is 3.10. The summed E-state index contributed by atoms with van der Waals surface area (Å²) in [7, 11) is 0. The molecule has 116 valence electrons. The Bertz CT molecular complexity index is 458. The number of carbonyl (C=O) groups excluding carboxylic acids is 2. The molecule has 0 saturated carbocycles. The lowest BCUT2D eigenvalue weighted by Gasteiger charge is -2.15. The van der Waals surface area contributed by atoms with Crippen molar-refractivity contribution in [1.29, 1.82) is 0 Å². The van der Waals surface area contributed by atoms with Crippen LogP contribution < -0.4 is 5.32 Å². The number of hydrogen-bond acceptors (Lipinski definition) is 4. The summed E-state index contributed by atoms with van der Waals surface area (Å²) < 4.78 is 10.4. The van der Waals surface area contributed by atoms with Crippen molar-refractivity contribution in [3.63, 3.8) is 0 Å². The first-order valence-corrected chi connectivity index (χ1v) is 7.36. The Morgan fingerprint density at radius 2 is 2.43 bits per heavy atom. The van der Waals surface area contributed by atoms with Crippen molar-refractivity contribution in [1.82, 2.24) is 10.2 Å². The van der Waals surface area contributed by atoms with Crippen molar-refractivity contribution in [3.05, 3.63) is 24.2 Å². The number of nitrogens with zero attached hydrogens (tertiary/aromatic N) is 1. The molecule has 2 heterocycles. The van der Waals surface area contributed by atoms with E-state index in [2.05, 4.69) is 5.32 Å². The van der Waals surface area contributed by atoms with Crippen molar-refractivity contribution in [2.75, 3.05) is 26.3 Å². The topological polar surface area (TPSA) is 71.8 Å². The summed E-state index contributed by atoms with van der Waals surface area (Å²) in [6, 6.07) is 3.62. The Labute approximate surface area is 124 Å². The van der Waals surface area contributed by atoms with Crippen LogP contribution in [0.15, 0.2) is 22.8 Å². The highest BCUT2D eigenvalue weighted by Crippen LogP contribution is 2.20. The third kappa shape index (κ3) is 4.60. The van der Waals surface area contributed by atoms with Gasteiger partial charge in [-0.2, -0.15) is 0 Å². The SMILES string of the molecule is CCOCCCNC(=O)C1CC(=O)N(Cc2ccco2)C1. The molecule has 0 aliphatic carbocycles. The van der Waals surface area contributed by atoms with Crippen LogP contribution in [0, 0.1) is 5.92 Å². The van der Waals surface area contributed by atoms with Crippen molar-refractivity contribution in [2.24, 2.45) is 5.92 Å². The van der Waals surface area contributed by atoms with Crippen LogP contribution in [0.25, 0.3) is 0 Å². The average molecular weight is 294 g/mol. The first-order chi connectivity index (χ1) is 10.2. The number of rotatable bonds is 8. The van der Waals surface area contributed by atoms with Gasteiger partial charge in [-0.3, -0.25) is 9.59 Å². The predicted octanol–water partition coefficient (Wildman–Crippen LogP) is 1.17. The first-order valence-electron chi connectivity index (χ1n) is 7.36. The Balaban J connectivity index is 1.72. The molecular formula is C15H22N2O4. The minimum absolute atomic E-state index is 0.000802. The van der Waals surface area contributed by atoms with Gasteiger partial charge in [0.2, 0.25) is 11.8 Å². The van der Waals surface area contributed by atoms with E-state index in [1.54, 1.807) is 17.2 Å². The maximum Gasteiger partial charge on any atom is 0.225 e. The largest absolute Gasteiger partial charge is 0.467 e. The number of amides is 2. The summed E-state index contributed by atoms with van der Waals surface area (Å²) in [5.74, 6) is 0.420. The van der Waals surface area contributed by atoms with Crippen LogP contribution in [0.3, 0.4) is 0 Å². The van der Waals surface area contributed by atoms with Crippen LogP contribution >= 0.6 is 0 Å². The summed E-state index contributed by atoms with van der Waals surface area (Å²) in [4.78, 5) is 25.6. The molecule has 21 heavy (non-hydrogen) atoms. The van der Waals surface area contributed by atoms with E-state index in [0.717, 1.165) is 12.2 Å². The molecule has 1 N–H and O–H groups in total. The smallest absolute Gasteiger partial charge is 0.225 e. The van der Waals surface area contributed by atoms with Gasteiger partial charge in [-0.05, 0) is 25.5 Å². The Morgan fingerprint density at radius 1 is 1.57 bits per heavy atom. The van der Waals surface area contributed by atoms with Gasteiger partial charge in [-0.15, -0.1) is 0 Å². The molecule has 1 aromatic rings. The number of ether oxygens (including phenoxy) is 1. The Morgan fingerprint density at radius 3 is 3.14 bits per heavy atom. The summed E-state index contributed by atoms with van der Waals surface area (Å²) >= 11 is 0. The van der Waals surface area contributed by atoms with E-state index in [-0.39, 0.29) is 24.2 Å². The molecule has 1 unspecified atom stereocenters. The second kappa shape index (κ2) is 7.83. The van der Waals surface area contributed by atoms with Gasteiger partial charge >= 0.3 is 0 Å². The van der Waals surface area contributed by atoms with E-state index in [1.807, 2.05) is 13.0 Å². The Kier molecular flexibility index (Phi) is 5.80. The molecule has 1 atom stereocenters. The molecule has 1 fully saturated rings. The minimum Gasteiger partial charge on any atom is -0.467 e. The third-order valence-corrected chi connectivity index (χ3v) is 3.48. The van der Waals surface area contributed by atoms with E-state index in [4.69, 9.17) is 9.15 Å². The molecule has 0 radical (unpaired) electrons. The van der Waals surface area contributed by atoms with Crippen molar-refractivity contribution in [2.45, 2.75) is 26.3 Å². The number of furan rings is 1. The van der Waals surface area contributed by atoms with Crippen LogP contribution in [0.5, 0.6) is 0 Å². The van der Waals surface area contributed by atoms with E-state index in [9.17, 15) is 9.59 Å². The first kappa shape index (κ1) is 15.6. The summed E-state index contributed by atoms with van der Waals surface area (Å²) in [5, 5.41) is 2.86. The van der Waals surface area contributed by atoms with Gasteiger partial charge in [0.15, 0.2) is 0 Å². The molecule has 2 amide bonds. The molecule has 2 rings (SSSR count). The van der Waals surface area contributed by atoms with Crippen LogP contribution in [0.2, 0.25) is 0 Å². The minimum atomic E-state index is -0.264. The van der Waals surface area contributed by atoms with Crippen molar-refractivity contribution >= 4 is 11.8 Å². The summed E-state index contributed by atoms with van der Waals surface area (Å²) in [6.45, 7) is 4.74. The fourth-order valence-corrected chi connectivity index (χ4v) is 2.37. The molecule has 1 aliphatic rings. The maximum absolute atomic E-state index is 12.0. The van der Waals surface area contributed by atoms with E-state index in [0.29, 0.717) is 32.8 Å². The zero-order valence-electron chi connectivity index (χ0n) is 12.3. The van der Waals surface area contributed by atoms with Gasteiger partial charge in [0, 0.05) is 32.7 Å². The molecule has 6 nitrogen and oxygen atoms in total. The zero-order chi connectivity index (χ0) is 15.1. The van der Waals surface area contributed by atoms with Gasteiger partial charge in [-0.25, -0.2) is 0 Å². The monoisotopic (exact) mass is 294 g/mol. The molecule has 6 heteroatoms. The Hall–Kier alpha value is -1.82. The van der Waals surface area contributed by atoms with E-state index < -0.39 is 0 Å². The zero-order valence-corrected chi connectivity index (χ0v) is 12.3. The van der Waals surface area contributed by atoms with E-state index >= 15 is 0 Å². The van der Waals surface area contributed by atoms with Gasteiger partial charge in [0.1, 0.15) is 5.76 Å². The van der Waals surface area contributed by atoms with E-state index in [1.165, 1.54) is 0 Å². The third-order valence-electron chi connectivity index (χ3n) is 3.48. The van der Waals surface area contributed by atoms with Crippen LogP contribution in [-0.2, 0) is 20.9 Å². The highest BCUT2D eigenvalue weighted by atomic mass is 16.5. The fraction of sp³-hybridized carbons (Fsp3) is 0.600. The van der Waals surface area contributed by atoms with Gasteiger partial charge in [-0.1, -0.05) is 0 Å². The van der Waals surface area contributed by atoms with Gasteiger partial charge in [0.05, 0.1) is 18.7 Å². The standard InChI is InChI=1S/C15H22N2O4/c1-2-20-7-4-6-16-15(19)12-9-14(18)17(10-12)11-13-5-3-8-21-13/h3,5,8,12H,2,4,6-7,9-11H2,1H3,(H,16,19). The van der Waals surface area contributed by atoms with Crippen LogP contribution in [0.4, 0.5) is 0 Å². The fourth-order valence-electron chi connectivity index (χ4n) is 2.37. The summed E-state index contributed by atoms with van der Waals surface area (Å²) in [5.41, 5.74) is 0. The van der Waals surface area contributed by atoms with Crippen LogP contribution in [0.1, 0.15) is 25.5 Å². The quantitative estimate of drug-likeness (QED) is 0.731. The number of likely N-dealkylation sites (tertiary alicyclic amines) is 1. The molecule has 0 aromatic carbocycles. The predicted molar refractivity (Wildman–Crippen MR) is 76.4 cm³/mol. The lowest BCUT2D eigenvalue weighted by atomic mass is 10.1. The highest BCUT2D eigenvalue weighted by Gasteiger charge is 2.34. The van der Waals surface area contributed by atoms with Crippen molar-refractivity contribution in [3.8, 4) is 0 Å². The van der Waals surface area contributed by atoms with Crippen LogP contribution in [-0.4, -0.2) is 43.0 Å². The molecule has 1 aliphatic heterocycles. The summed E-state index contributed by atoms with van der Waals surface area (Å²) in [6.07, 6.45) is 2.65. The molecule has 1 aromatic heterocycles. The number of nitrogens with one attached hydrogen (secondary N) is 1. The second-order valence-corrected chi connectivity index (χ2v) is 5.10. The number of hydrogen-bond donors (Lipinski definition) is 1. The van der Waals surface area contributed by atoms with Crippen molar-refractivity contribution < 1.29 is 18.7 Å². The molecular weight excluding hydrogens is 272 g/mol. The molecule has 1 saturated heterocycles. The molecule has 0 bridgehead atoms. The van der Waals surface area contributed by atoms with Gasteiger partial charge in [0.25, 0.3) is 0 Å². The number of carbonyl (C=O) groups is 2. The maximum atomic E-state index is 12.0. The highest BCUT2D eigenvalue weighted by molar-refractivity contribution is 5.89. The molecule has 0 spiro atoms. The van der Waals surface area contributed by atoms with Gasteiger partial charge < -0.3 is 19.4 Å². The lowest BCUT2D eigenvalue weighted by molar-refractivity contribution is -0.129.